The molecule has 2 aromatic carbocycles. The van der Waals surface area contributed by atoms with Crippen LogP contribution in [0.2, 0.25) is 0 Å². The highest BCUT2D eigenvalue weighted by Crippen LogP contribution is 2.29. The topological polar surface area (TPSA) is 84.9 Å². The van der Waals surface area contributed by atoms with Gasteiger partial charge in [-0.3, -0.25) is 4.79 Å². The zero-order chi connectivity index (χ0) is 23.8. The molecular weight excluding hydrogens is 508 g/mol. The second kappa shape index (κ2) is 11.9. The van der Waals surface area contributed by atoms with E-state index in [0.717, 1.165) is 15.6 Å². The molecule has 0 saturated carbocycles. The zero-order valence-electron chi connectivity index (χ0n) is 19.1. The largest absolute Gasteiger partial charge is 0.490 e. The number of amides is 1. The fraction of sp³-hybridized carbons (Fsp3) is 0.458. The van der Waals surface area contributed by atoms with Crippen molar-refractivity contribution in [3.8, 4) is 11.5 Å². The first-order valence-electron chi connectivity index (χ1n) is 11.2. The summed E-state index contributed by atoms with van der Waals surface area (Å²) >= 11 is 3.38. The van der Waals surface area contributed by atoms with Gasteiger partial charge in [0, 0.05) is 30.0 Å². The minimum absolute atomic E-state index is 0.0385. The highest BCUT2D eigenvalue weighted by Gasteiger charge is 2.31. The van der Waals surface area contributed by atoms with E-state index in [9.17, 15) is 13.2 Å². The lowest BCUT2D eigenvalue weighted by atomic mass is 9.97. The number of ether oxygens (including phenoxy) is 2. The number of carbonyl (C=O) groups is 1. The minimum atomic E-state index is -3.42. The lowest BCUT2D eigenvalue weighted by Crippen LogP contribution is -2.43. The number of carbonyl (C=O) groups excluding carboxylic acids is 1. The summed E-state index contributed by atoms with van der Waals surface area (Å²) in [5.41, 5.74) is 1.66. The van der Waals surface area contributed by atoms with E-state index in [1.807, 2.05) is 50.2 Å². The molecule has 0 spiro atoms. The molecule has 1 aliphatic rings. The number of halogens is 1. The average molecular weight is 539 g/mol. The summed E-state index contributed by atoms with van der Waals surface area (Å²) in [4.78, 5) is 12.7. The number of nitrogens with zero attached hydrogens (tertiary/aromatic N) is 1. The van der Waals surface area contributed by atoms with Gasteiger partial charge in [0.1, 0.15) is 0 Å². The molecule has 0 aliphatic carbocycles. The monoisotopic (exact) mass is 538 g/mol. The first-order valence-corrected chi connectivity index (χ1v) is 13.6. The third-order valence-electron chi connectivity index (χ3n) is 5.53. The smallest absolute Gasteiger partial charge is 0.223 e. The molecule has 1 N–H and O–H groups in total. The van der Waals surface area contributed by atoms with Crippen LogP contribution in [0.1, 0.15) is 37.8 Å². The van der Waals surface area contributed by atoms with Crippen molar-refractivity contribution in [3.63, 3.8) is 0 Å². The maximum Gasteiger partial charge on any atom is 0.223 e. The number of sulfonamides is 1. The maximum absolute atomic E-state index is 12.8. The molecule has 33 heavy (non-hydrogen) atoms. The Morgan fingerprint density at radius 3 is 2.39 bits per heavy atom. The number of piperidine rings is 1. The van der Waals surface area contributed by atoms with Gasteiger partial charge in [-0.25, -0.2) is 12.7 Å². The van der Waals surface area contributed by atoms with Gasteiger partial charge in [0.2, 0.25) is 15.9 Å². The molecule has 0 aromatic heterocycles. The third-order valence-corrected chi connectivity index (χ3v) is 7.87. The van der Waals surface area contributed by atoms with E-state index in [1.165, 1.54) is 4.31 Å². The van der Waals surface area contributed by atoms with Gasteiger partial charge in [-0.15, -0.1) is 0 Å². The van der Waals surface area contributed by atoms with E-state index in [-0.39, 0.29) is 17.6 Å². The van der Waals surface area contributed by atoms with E-state index in [0.29, 0.717) is 57.2 Å². The Morgan fingerprint density at radius 2 is 1.73 bits per heavy atom. The van der Waals surface area contributed by atoms with Crippen molar-refractivity contribution in [2.75, 3.05) is 26.3 Å². The van der Waals surface area contributed by atoms with Crippen molar-refractivity contribution < 1.29 is 22.7 Å². The highest BCUT2D eigenvalue weighted by molar-refractivity contribution is 9.10. The Kier molecular flexibility index (Phi) is 9.17. The highest BCUT2D eigenvalue weighted by atomic mass is 79.9. The lowest BCUT2D eigenvalue weighted by Gasteiger charge is -2.30. The standard InChI is InChI=1S/C24H31BrN2O5S/c1-3-31-22-9-8-18(15-23(22)32-4-2)16-26-24(28)20-10-12-27(13-11-20)33(29,30)17-19-6-5-7-21(25)14-19/h5-9,14-15,20H,3-4,10-13,16-17H2,1-2H3,(H,26,28). The molecule has 1 heterocycles. The van der Waals surface area contributed by atoms with Gasteiger partial charge in [-0.05, 0) is 62.1 Å². The first-order chi connectivity index (χ1) is 15.8. The number of hydrogen-bond acceptors (Lipinski definition) is 5. The molecule has 1 aliphatic heterocycles. The molecule has 3 rings (SSSR count). The lowest BCUT2D eigenvalue weighted by molar-refractivity contribution is -0.126. The molecule has 7 nitrogen and oxygen atoms in total. The van der Waals surface area contributed by atoms with Crippen LogP contribution in [0, 0.1) is 5.92 Å². The molecule has 0 unspecified atom stereocenters. The van der Waals surface area contributed by atoms with Gasteiger partial charge in [0.05, 0.1) is 19.0 Å². The van der Waals surface area contributed by atoms with Crippen LogP contribution in [0.5, 0.6) is 11.5 Å². The van der Waals surface area contributed by atoms with Crippen LogP contribution in [-0.4, -0.2) is 44.9 Å². The number of hydrogen-bond donors (Lipinski definition) is 1. The van der Waals surface area contributed by atoms with Crippen LogP contribution in [0.25, 0.3) is 0 Å². The van der Waals surface area contributed by atoms with Crippen LogP contribution in [0.3, 0.4) is 0 Å². The molecule has 0 radical (unpaired) electrons. The summed E-state index contributed by atoms with van der Waals surface area (Å²) < 4.78 is 39.2. The van der Waals surface area contributed by atoms with Crippen molar-refractivity contribution in [2.45, 2.75) is 39.0 Å². The molecule has 0 atom stereocenters. The number of rotatable bonds is 10. The van der Waals surface area contributed by atoms with E-state index in [1.54, 1.807) is 6.07 Å². The Bertz CT molecular complexity index is 1050. The molecule has 180 valence electrons. The van der Waals surface area contributed by atoms with E-state index < -0.39 is 10.0 Å². The molecule has 2 aromatic rings. The summed E-state index contributed by atoms with van der Waals surface area (Å²) in [6.45, 7) is 5.99. The quantitative estimate of drug-likeness (QED) is 0.492. The van der Waals surface area contributed by atoms with Gasteiger partial charge in [0.25, 0.3) is 0 Å². The first kappa shape index (κ1) is 25.5. The van der Waals surface area contributed by atoms with Crippen molar-refractivity contribution in [1.82, 2.24) is 9.62 Å². The van der Waals surface area contributed by atoms with Crippen molar-refractivity contribution in [2.24, 2.45) is 5.92 Å². The molecular formula is C24H31BrN2O5S. The van der Waals surface area contributed by atoms with Gasteiger partial charge in [-0.1, -0.05) is 34.1 Å². The molecule has 1 saturated heterocycles. The number of benzene rings is 2. The summed E-state index contributed by atoms with van der Waals surface area (Å²) in [5.74, 6) is 1.06. The van der Waals surface area contributed by atoms with E-state index >= 15 is 0 Å². The van der Waals surface area contributed by atoms with Crippen molar-refractivity contribution >= 4 is 31.9 Å². The van der Waals surface area contributed by atoms with Gasteiger partial charge in [0.15, 0.2) is 11.5 Å². The van der Waals surface area contributed by atoms with Crippen LogP contribution in [0.4, 0.5) is 0 Å². The molecule has 1 amide bonds. The second-order valence-corrected chi connectivity index (χ2v) is 10.8. The predicted octanol–water partition coefficient (Wildman–Crippen LogP) is 4.10. The van der Waals surface area contributed by atoms with E-state index in [2.05, 4.69) is 21.2 Å². The second-order valence-electron chi connectivity index (χ2n) is 7.92. The van der Waals surface area contributed by atoms with Crippen LogP contribution in [0.15, 0.2) is 46.9 Å². The van der Waals surface area contributed by atoms with Gasteiger partial charge in [-0.2, -0.15) is 0 Å². The zero-order valence-corrected chi connectivity index (χ0v) is 21.5. The average Bonchev–Trinajstić information content (AvgIpc) is 2.79. The van der Waals surface area contributed by atoms with Crippen molar-refractivity contribution in [1.29, 1.82) is 0 Å². The number of nitrogens with one attached hydrogen (secondary N) is 1. The predicted molar refractivity (Wildman–Crippen MR) is 132 cm³/mol. The SMILES string of the molecule is CCOc1ccc(CNC(=O)C2CCN(S(=O)(=O)Cc3cccc(Br)c3)CC2)cc1OCC. The molecule has 1 fully saturated rings. The fourth-order valence-corrected chi connectivity index (χ4v) is 5.86. The summed E-state index contributed by atoms with van der Waals surface area (Å²) in [7, 11) is -3.42. The minimum Gasteiger partial charge on any atom is -0.490 e. The summed E-state index contributed by atoms with van der Waals surface area (Å²) in [5, 5.41) is 2.98. The van der Waals surface area contributed by atoms with Crippen LogP contribution in [-0.2, 0) is 27.1 Å². The fourth-order valence-electron chi connectivity index (χ4n) is 3.86. The molecule has 9 heteroatoms. The van der Waals surface area contributed by atoms with E-state index in [4.69, 9.17) is 9.47 Å². The van der Waals surface area contributed by atoms with Gasteiger partial charge >= 0.3 is 0 Å². The third kappa shape index (κ3) is 7.19. The summed E-state index contributed by atoms with van der Waals surface area (Å²) in [6, 6.07) is 13.0. The molecule has 0 bridgehead atoms. The van der Waals surface area contributed by atoms with Crippen LogP contribution < -0.4 is 14.8 Å². The Hall–Kier alpha value is -2.10. The maximum atomic E-state index is 12.8. The normalized spacial score (nSPS) is 15.2. The van der Waals surface area contributed by atoms with Gasteiger partial charge < -0.3 is 14.8 Å². The van der Waals surface area contributed by atoms with Crippen molar-refractivity contribution in [3.05, 3.63) is 58.1 Å². The van der Waals surface area contributed by atoms with Crippen LogP contribution >= 0.6 is 15.9 Å². The Morgan fingerprint density at radius 1 is 1.03 bits per heavy atom. The summed E-state index contributed by atoms with van der Waals surface area (Å²) in [6.07, 6.45) is 1.02. The Labute approximate surface area is 204 Å². The Balaban J connectivity index is 1.51.